The maximum atomic E-state index is 12.0. The second-order valence-corrected chi connectivity index (χ2v) is 5.78. The molecular weight excluding hydrogens is 278 g/mol. The van der Waals surface area contributed by atoms with E-state index in [1.807, 2.05) is 31.2 Å². The Hall–Kier alpha value is -1.88. The maximum absolute atomic E-state index is 12.0. The monoisotopic (exact) mass is 304 g/mol. The molecule has 0 saturated carbocycles. The molecule has 2 atom stereocenters. The summed E-state index contributed by atoms with van der Waals surface area (Å²) in [7, 11) is 0. The number of likely N-dealkylation sites (tertiary alicyclic amines) is 1. The molecular formula is C17H26N3O2+. The number of amides is 2. The second-order valence-electron chi connectivity index (χ2n) is 5.78. The number of anilines is 1. The highest BCUT2D eigenvalue weighted by atomic mass is 16.2. The van der Waals surface area contributed by atoms with Crippen molar-refractivity contribution in [1.82, 2.24) is 5.32 Å². The van der Waals surface area contributed by atoms with Gasteiger partial charge in [0, 0.05) is 18.5 Å². The molecule has 120 valence electrons. The Kier molecular flexibility index (Phi) is 5.95. The Labute approximate surface area is 132 Å². The van der Waals surface area contributed by atoms with E-state index < -0.39 is 11.8 Å². The SMILES string of the molecule is CCc1ccccc1NC(=O)C(=O)NC[C@H]1CCC[NH+]1CC. The van der Waals surface area contributed by atoms with Crippen molar-refractivity contribution in [2.45, 2.75) is 39.2 Å². The van der Waals surface area contributed by atoms with Gasteiger partial charge in [0.05, 0.1) is 19.6 Å². The van der Waals surface area contributed by atoms with Gasteiger partial charge in [-0.25, -0.2) is 0 Å². The van der Waals surface area contributed by atoms with Crippen LogP contribution in [0, 0.1) is 0 Å². The smallest absolute Gasteiger partial charge is 0.313 e. The number of hydrogen-bond donors (Lipinski definition) is 3. The molecule has 0 radical (unpaired) electrons. The fourth-order valence-electron chi connectivity index (χ4n) is 3.12. The zero-order chi connectivity index (χ0) is 15.9. The van der Waals surface area contributed by atoms with Gasteiger partial charge in [0.1, 0.15) is 6.04 Å². The van der Waals surface area contributed by atoms with E-state index in [-0.39, 0.29) is 0 Å². The normalized spacial score (nSPS) is 20.6. The molecule has 1 fully saturated rings. The van der Waals surface area contributed by atoms with Gasteiger partial charge in [0.2, 0.25) is 0 Å². The van der Waals surface area contributed by atoms with Crippen molar-refractivity contribution in [2.24, 2.45) is 0 Å². The third-order valence-electron chi connectivity index (χ3n) is 4.44. The van der Waals surface area contributed by atoms with Crippen molar-refractivity contribution in [2.75, 3.05) is 25.0 Å². The zero-order valence-corrected chi connectivity index (χ0v) is 13.4. The first-order chi connectivity index (χ1) is 10.7. The predicted octanol–water partition coefficient (Wildman–Crippen LogP) is 0.371. The molecule has 1 saturated heterocycles. The highest BCUT2D eigenvalue weighted by molar-refractivity contribution is 6.39. The molecule has 2 amide bonds. The van der Waals surface area contributed by atoms with Gasteiger partial charge in [-0.3, -0.25) is 9.59 Å². The van der Waals surface area contributed by atoms with Gasteiger partial charge in [-0.1, -0.05) is 25.1 Å². The summed E-state index contributed by atoms with van der Waals surface area (Å²) in [6.07, 6.45) is 3.12. The summed E-state index contributed by atoms with van der Waals surface area (Å²) in [6.45, 7) is 6.98. The number of carbonyl (C=O) groups excluding carboxylic acids is 2. The van der Waals surface area contributed by atoms with Gasteiger partial charge in [0.15, 0.2) is 0 Å². The van der Waals surface area contributed by atoms with E-state index >= 15 is 0 Å². The summed E-state index contributed by atoms with van der Waals surface area (Å²) in [5, 5.41) is 5.48. The van der Waals surface area contributed by atoms with Crippen LogP contribution in [0.25, 0.3) is 0 Å². The Morgan fingerprint density at radius 2 is 2.00 bits per heavy atom. The van der Waals surface area contributed by atoms with Crippen LogP contribution in [0.1, 0.15) is 32.3 Å². The zero-order valence-electron chi connectivity index (χ0n) is 13.4. The Morgan fingerprint density at radius 3 is 2.73 bits per heavy atom. The number of benzene rings is 1. The molecule has 0 spiro atoms. The lowest BCUT2D eigenvalue weighted by Gasteiger charge is -2.20. The van der Waals surface area contributed by atoms with E-state index in [4.69, 9.17) is 0 Å². The number of quaternary nitrogens is 1. The van der Waals surface area contributed by atoms with Gasteiger partial charge in [-0.2, -0.15) is 0 Å². The van der Waals surface area contributed by atoms with Gasteiger partial charge in [0.25, 0.3) is 0 Å². The first kappa shape index (κ1) is 16.5. The molecule has 3 N–H and O–H groups in total. The molecule has 0 aliphatic carbocycles. The molecule has 1 unspecified atom stereocenters. The Bertz CT molecular complexity index is 530. The average Bonchev–Trinajstić information content (AvgIpc) is 3.00. The summed E-state index contributed by atoms with van der Waals surface area (Å²) in [4.78, 5) is 25.5. The van der Waals surface area contributed by atoms with Gasteiger partial charge >= 0.3 is 11.8 Å². The van der Waals surface area contributed by atoms with Crippen LogP contribution in [0.2, 0.25) is 0 Å². The minimum absolute atomic E-state index is 0.435. The second kappa shape index (κ2) is 7.94. The maximum Gasteiger partial charge on any atom is 0.313 e. The van der Waals surface area contributed by atoms with Crippen LogP contribution in [0.15, 0.2) is 24.3 Å². The quantitative estimate of drug-likeness (QED) is 0.688. The number of nitrogens with one attached hydrogen (secondary N) is 3. The molecule has 1 aromatic rings. The highest BCUT2D eigenvalue weighted by Gasteiger charge is 2.28. The summed E-state index contributed by atoms with van der Waals surface area (Å²) < 4.78 is 0. The van der Waals surface area contributed by atoms with Gasteiger partial charge in [-0.05, 0) is 25.0 Å². The molecule has 5 heteroatoms. The number of rotatable bonds is 5. The molecule has 1 heterocycles. The van der Waals surface area contributed by atoms with Crippen LogP contribution in [0.3, 0.4) is 0 Å². The molecule has 1 aliphatic rings. The van der Waals surface area contributed by atoms with Crippen molar-refractivity contribution in [1.29, 1.82) is 0 Å². The number of aryl methyl sites for hydroxylation is 1. The molecule has 0 bridgehead atoms. The topological polar surface area (TPSA) is 62.6 Å². The Balaban J connectivity index is 1.86. The van der Waals surface area contributed by atoms with Gasteiger partial charge in [-0.15, -0.1) is 0 Å². The third-order valence-corrected chi connectivity index (χ3v) is 4.44. The van der Waals surface area contributed by atoms with Crippen molar-refractivity contribution in [3.05, 3.63) is 29.8 Å². The van der Waals surface area contributed by atoms with E-state index in [1.54, 1.807) is 0 Å². The third kappa shape index (κ3) is 4.07. The summed E-state index contributed by atoms with van der Waals surface area (Å²) in [5.41, 5.74) is 1.74. The minimum atomic E-state index is -0.586. The molecule has 1 aromatic carbocycles. The standard InChI is InChI=1S/C17H25N3O2/c1-3-13-8-5-6-10-15(13)19-17(22)16(21)18-12-14-9-7-11-20(14)4-2/h5-6,8,10,14H,3-4,7,9,11-12H2,1-2H3,(H,18,21)(H,19,22)/p+1/t14-/m1/s1. The summed E-state index contributed by atoms with van der Waals surface area (Å²) in [5.74, 6) is -1.13. The number of hydrogen-bond acceptors (Lipinski definition) is 2. The predicted molar refractivity (Wildman–Crippen MR) is 86.9 cm³/mol. The average molecular weight is 304 g/mol. The van der Waals surface area contributed by atoms with Crippen LogP contribution in [0.4, 0.5) is 5.69 Å². The number of para-hydroxylation sites is 1. The van der Waals surface area contributed by atoms with E-state index in [0.29, 0.717) is 18.3 Å². The van der Waals surface area contributed by atoms with Crippen LogP contribution < -0.4 is 15.5 Å². The Morgan fingerprint density at radius 1 is 1.23 bits per heavy atom. The number of carbonyl (C=O) groups is 2. The van der Waals surface area contributed by atoms with Crippen molar-refractivity contribution >= 4 is 17.5 Å². The van der Waals surface area contributed by atoms with Crippen LogP contribution in [0.5, 0.6) is 0 Å². The first-order valence-corrected chi connectivity index (χ1v) is 8.17. The van der Waals surface area contributed by atoms with E-state index in [0.717, 1.165) is 31.5 Å². The van der Waals surface area contributed by atoms with Crippen molar-refractivity contribution in [3.8, 4) is 0 Å². The summed E-state index contributed by atoms with van der Waals surface area (Å²) >= 11 is 0. The van der Waals surface area contributed by atoms with E-state index in [1.165, 1.54) is 11.3 Å². The lowest BCUT2D eigenvalue weighted by molar-refractivity contribution is -0.909. The largest absolute Gasteiger partial charge is 0.342 e. The summed E-state index contributed by atoms with van der Waals surface area (Å²) in [6, 6.07) is 7.99. The molecule has 22 heavy (non-hydrogen) atoms. The van der Waals surface area contributed by atoms with E-state index in [2.05, 4.69) is 17.6 Å². The molecule has 5 nitrogen and oxygen atoms in total. The first-order valence-electron chi connectivity index (χ1n) is 8.17. The fourth-order valence-corrected chi connectivity index (χ4v) is 3.12. The molecule has 1 aliphatic heterocycles. The van der Waals surface area contributed by atoms with Gasteiger partial charge < -0.3 is 15.5 Å². The lowest BCUT2D eigenvalue weighted by atomic mass is 10.1. The molecule has 2 rings (SSSR count). The van der Waals surface area contributed by atoms with Crippen LogP contribution in [-0.4, -0.2) is 37.5 Å². The van der Waals surface area contributed by atoms with E-state index in [9.17, 15) is 9.59 Å². The van der Waals surface area contributed by atoms with Crippen LogP contribution in [-0.2, 0) is 16.0 Å². The number of likely N-dealkylation sites (N-methyl/N-ethyl adjacent to an activating group) is 1. The molecule has 0 aromatic heterocycles. The lowest BCUT2D eigenvalue weighted by Crippen LogP contribution is -3.14. The highest BCUT2D eigenvalue weighted by Crippen LogP contribution is 2.15. The van der Waals surface area contributed by atoms with Crippen molar-refractivity contribution < 1.29 is 14.5 Å². The minimum Gasteiger partial charge on any atom is -0.342 e. The van der Waals surface area contributed by atoms with Crippen LogP contribution >= 0.6 is 0 Å². The fraction of sp³-hybridized carbons (Fsp3) is 0.529. The van der Waals surface area contributed by atoms with Crippen molar-refractivity contribution in [3.63, 3.8) is 0 Å².